The molecular formula is C10H11N5S. The highest BCUT2D eigenvalue weighted by Crippen LogP contribution is 2.24. The Hall–Kier alpha value is -1.78. The Morgan fingerprint density at radius 1 is 1.62 bits per heavy atom. The molecule has 0 spiro atoms. The molecule has 16 heavy (non-hydrogen) atoms. The molecule has 0 aliphatic rings. The van der Waals surface area contributed by atoms with E-state index in [4.69, 9.17) is 5.53 Å². The Labute approximate surface area is 97.0 Å². The van der Waals surface area contributed by atoms with E-state index in [-0.39, 0.29) is 0 Å². The number of rotatable bonds is 4. The molecule has 0 atom stereocenters. The van der Waals surface area contributed by atoms with Crippen LogP contribution in [0, 0.1) is 0 Å². The third-order valence-electron chi connectivity index (χ3n) is 2.26. The minimum absolute atomic E-state index is 0.349. The molecule has 0 aliphatic carbocycles. The summed E-state index contributed by atoms with van der Waals surface area (Å²) in [5.41, 5.74) is 11.3. The summed E-state index contributed by atoms with van der Waals surface area (Å²) in [5, 5.41) is 12.1. The SMILES string of the molecule is CCn1cc(CN=[N+]=[N-])c(-c2ccsc2)n1. The van der Waals surface area contributed by atoms with Gasteiger partial charge in [0.2, 0.25) is 0 Å². The number of hydrogen-bond donors (Lipinski definition) is 0. The predicted molar refractivity (Wildman–Crippen MR) is 64.1 cm³/mol. The molecule has 0 saturated carbocycles. The van der Waals surface area contributed by atoms with E-state index in [9.17, 15) is 0 Å². The van der Waals surface area contributed by atoms with Crippen LogP contribution in [0.25, 0.3) is 21.7 Å². The third kappa shape index (κ3) is 2.08. The molecular weight excluding hydrogens is 222 g/mol. The summed E-state index contributed by atoms with van der Waals surface area (Å²) in [6, 6.07) is 2.02. The number of nitrogens with zero attached hydrogens (tertiary/aromatic N) is 5. The second kappa shape index (κ2) is 4.83. The molecule has 0 fully saturated rings. The van der Waals surface area contributed by atoms with Gasteiger partial charge in [-0.05, 0) is 23.9 Å². The summed E-state index contributed by atoms with van der Waals surface area (Å²) in [6.07, 6.45) is 1.93. The van der Waals surface area contributed by atoms with E-state index < -0.39 is 0 Å². The van der Waals surface area contributed by atoms with Gasteiger partial charge < -0.3 is 0 Å². The fourth-order valence-corrected chi connectivity index (χ4v) is 2.13. The van der Waals surface area contributed by atoms with Gasteiger partial charge in [0, 0.05) is 34.2 Å². The third-order valence-corrected chi connectivity index (χ3v) is 2.94. The highest BCUT2D eigenvalue weighted by molar-refractivity contribution is 7.08. The van der Waals surface area contributed by atoms with Gasteiger partial charge in [-0.3, -0.25) is 4.68 Å². The van der Waals surface area contributed by atoms with Crippen molar-refractivity contribution in [2.75, 3.05) is 0 Å². The summed E-state index contributed by atoms with van der Waals surface area (Å²) < 4.78 is 1.86. The van der Waals surface area contributed by atoms with Gasteiger partial charge >= 0.3 is 0 Å². The zero-order valence-electron chi connectivity index (χ0n) is 8.87. The van der Waals surface area contributed by atoms with Gasteiger partial charge in [0.05, 0.1) is 12.2 Å². The maximum atomic E-state index is 8.35. The molecule has 0 unspecified atom stereocenters. The van der Waals surface area contributed by atoms with Crippen molar-refractivity contribution in [3.05, 3.63) is 39.0 Å². The first kappa shape index (κ1) is 10.7. The summed E-state index contributed by atoms with van der Waals surface area (Å²) >= 11 is 1.63. The first-order chi connectivity index (χ1) is 7.85. The van der Waals surface area contributed by atoms with E-state index in [0.29, 0.717) is 6.54 Å². The highest BCUT2D eigenvalue weighted by atomic mass is 32.1. The number of aromatic nitrogens is 2. The van der Waals surface area contributed by atoms with Crippen molar-refractivity contribution in [1.29, 1.82) is 0 Å². The predicted octanol–water partition coefficient (Wildman–Crippen LogP) is 3.44. The van der Waals surface area contributed by atoms with Crippen LogP contribution in [-0.2, 0) is 13.1 Å². The van der Waals surface area contributed by atoms with Gasteiger partial charge in [0.1, 0.15) is 0 Å². The summed E-state index contributed by atoms with van der Waals surface area (Å²) in [5.74, 6) is 0. The van der Waals surface area contributed by atoms with E-state index in [2.05, 4.69) is 15.1 Å². The summed E-state index contributed by atoms with van der Waals surface area (Å²) in [4.78, 5) is 2.78. The van der Waals surface area contributed by atoms with Crippen LogP contribution >= 0.6 is 11.3 Å². The van der Waals surface area contributed by atoms with Crippen molar-refractivity contribution < 1.29 is 0 Å². The van der Waals surface area contributed by atoms with Gasteiger partial charge in [-0.25, -0.2) is 0 Å². The Balaban J connectivity index is 2.41. The lowest BCUT2D eigenvalue weighted by molar-refractivity contribution is 0.661. The average Bonchev–Trinajstić information content (AvgIpc) is 2.94. The molecule has 82 valence electrons. The molecule has 0 bridgehead atoms. The molecule has 2 rings (SSSR count). The molecule has 5 nitrogen and oxygen atoms in total. The average molecular weight is 233 g/mol. The summed E-state index contributed by atoms with van der Waals surface area (Å²) in [6.45, 7) is 3.19. The van der Waals surface area contributed by atoms with Gasteiger partial charge in [0.15, 0.2) is 0 Å². The van der Waals surface area contributed by atoms with Crippen molar-refractivity contribution in [3.63, 3.8) is 0 Å². The number of thiophene rings is 1. The first-order valence-corrected chi connectivity index (χ1v) is 5.89. The maximum Gasteiger partial charge on any atom is 0.0964 e. The van der Waals surface area contributed by atoms with Gasteiger partial charge in [-0.1, -0.05) is 5.11 Å². The van der Waals surface area contributed by atoms with Crippen LogP contribution in [0.3, 0.4) is 0 Å². The van der Waals surface area contributed by atoms with Gasteiger partial charge in [0.25, 0.3) is 0 Å². The van der Waals surface area contributed by atoms with Crippen molar-refractivity contribution >= 4 is 11.3 Å². The monoisotopic (exact) mass is 233 g/mol. The molecule has 0 aliphatic heterocycles. The van der Waals surface area contributed by atoms with Crippen molar-refractivity contribution in [2.45, 2.75) is 20.0 Å². The highest BCUT2D eigenvalue weighted by Gasteiger charge is 2.10. The molecule has 2 heterocycles. The van der Waals surface area contributed by atoms with Crippen LogP contribution in [0.15, 0.2) is 28.1 Å². The van der Waals surface area contributed by atoms with E-state index in [1.807, 2.05) is 34.6 Å². The van der Waals surface area contributed by atoms with Gasteiger partial charge in [-0.15, -0.1) is 0 Å². The minimum Gasteiger partial charge on any atom is -0.272 e. The van der Waals surface area contributed by atoms with E-state index >= 15 is 0 Å². The van der Waals surface area contributed by atoms with E-state index in [0.717, 1.165) is 23.4 Å². The number of hydrogen-bond acceptors (Lipinski definition) is 3. The van der Waals surface area contributed by atoms with Crippen molar-refractivity contribution in [2.24, 2.45) is 5.11 Å². The van der Waals surface area contributed by atoms with Crippen LogP contribution < -0.4 is 0 Å². The van der Waals surface area contributed by atoms with Crippen LogP contribution in [0.1, 0.15) is 12.5 Å². The molecule has 6 heteroatoms. The molecule has 2 aromatic rings. The zero-order valence-corrected chi connectivity index (χ0v) is 9.68. The Morgan fingerprint density at radius 3 is 3.12 bits per heavy atom. The maximum absolute atomic E-state index is 8.35. The van der Waals surface area contributed by atoms with Crippen molar-refractivity contribution in [1.82, 2.24) is 9.78 Å². The molecule has 0 aromatic carbocycles. The largest absolute Gasteiger partial charge is 0.272 e. The standard InChI is InChI=1S/C10H11N5S/c1-2-15-6-9(5-12-14-11)10(13-15)8-3-4-16-7-8/h3-4,6-7H,2,5H2,1H3. The Morgan fingerprint density at radius 2 is 2.50 bits per heavy atom. The van der Waals surface area contributed by atoms with Gasteiger partial charge in [-0.2, -0.15) is 16.4 Å². The topological polar surface area (TPSA) is 66.6 Å². The molecule has 0 N–H and O–H groups in total. The molecule has 0 radical (unpaired) electrons. The molecule has 0 amide bonds. The Bertz CT molecular complexity index is 507. The lowest BCUT2D eigenvalue weighted by atomic mass is 10.1. The van der Waals surface area contributed by atoms with Crippen LogP contribution in [-0.4, -0.2) is 9.78 Å². The smallest absolute Gasteiger partial charge is 0.0964 e. The normalized spacial score (nSPS) is 10.1. The second-order valence-corrected chi connectivity index (χ2v) is 4.04. The minimum atomic E-state index is 0.349. The zero-order chi connectivity index (χ0) is 11.4. The second-order valence-electron chi connectivity index (χ2n) is 3.26. The first-order valence-electron chi connectivity index (χ1n) is 4.95. The lowest BCUT2D eigenvalue weighted by Crippen LogP contribution is -1.93. The number of azide groups is 1. The fourth-order valence-electron chi connectivity index (χ4n) is 1.49. The van der Waals surface area contributed by atoms with Crippen LogP contribution in [0.2, 0.25) is 0 Å². The number of aryl methyl sites for hydroxylation is 1. The van der Waals surface area contributed by atoms with Crippen LogP contribution in [0.4, 0.5) is 0 Å². The molecule has 2 aromatic heterocycles. The quantitative estimate of drug-likeness (QED) is 0.453. The van der Waals surface area contributed by atoms with Crippen LogP contribution in [0.5, 0.6) is 0 Å². The lowest BCUT2D eigenvalue weighted by Gasteiger charge is -1.94. The summed E-state index contributed by atoms with van der Waals surface area (Å²) in [7, 11) is 0. The fraction of sp³-hybridized carbons (Fsp3) is 0.300. The van der Waals surface area contributed by atoms with E-state index in [1.165, 1.54) is 0 Å². The van der Waals surface area contributed by atoms with Crippen molar-refractivity contribution in [3.8, 4) is 11.3 Å². The van der Waals surface area contributed by atoms with E-state index in [1.54, 1.807) is 11.3 Å². The molecule has 0 saturated heterocycles. The Kier molecular flexibility index (Phi) is 3.24.